The topological polar surface area (TPSA) is 85.4 Å². The molecule has 0 aromatic carbocycles. The van der Waals surface area contributed by atoms with Crippen LogP contribution in [0.2, 0.25) is 0 Å². The maximum Gasteiger partial charge on any atom is 0.310 e. The van der Waals surface area contributed by atoms with E-state index in [-0.39, 0.29) is 6.54 Å². The fourth-order valence-corrected chi connectivity index (χ4v) is 1.40. The van der Waals surface area contributed by atoms with E-state index in [1.165, 1.54) is 7.11 Å². The third kappa shape index (κ3) is 2.49. The first-order valence-electron chi connectivity index (χ1n) is 4.95. The molecule has 0 aliphatic carbocycles. The Kier molecular flexibility index (Phi) is 3.84. The molecule has 0 spiro atoms. The molecule has 0 fully saturated rings. The number of rotatable bonds is 5. The number of ether oxygens (including phenoxy) is 1. The molecular formula is C11H16N2O3. The van der Waals surface area contributed by atoms with Gasteiger partial charge in [-0.3, -0.25) is 4.79 Å². The highest BCUT2D eigenvalue weighted by Crippen LogP contribution is 2.26. The van der Waals surface area contributed by atoms with Gasteiger partial charge in [0.25, 0.3) is 0 Å². The summed E-state index contributed by atoms with van der Waals surface area (Å²) in [6.07, 6.45) is 1.90. The summed E-state index contributed by atoms with van der Waals surface area (Å²) < 4.78 is 5.07. The van der Waals surface area contributed by atoms with Crippen molar-refractivity contribution >= 4 is 5.97 Å². The summed E-state index contributed by atoms with van der Waals surface area (Å²) in [6.45, 7) is 1.68. The molecule has 1 aromatic rings. The van der Waals surface area contributed by atoms with Crippen molar-refractivity contribution in [2.75, 3.05) is 13.7 Å². The minimum absolute atomic E-state index is 0.0698. The van der Waals surface area contributed by atoms with E-state index in [4.69, 9.17) is 15.6 Å². The van der Waals surface area contributed by atoms with Crippen molar-refractivity contribution in [1.82, 2.24) is 4.98 Å². The van der Waals surface area contributed by atoms with Crippen molar-refractivity contribution in [3.05, 3.63) is 23.9 Å². The van der Waals surface area contributed by atoms with Crippen LogP contribution in [0, 0.1) is 5.41 Å². The van der Waals surface area contributed by atoms with Crippen LogP contribution in [0.4, 0.5) is 0 Å². The zero-order chi connectivity index (χ0) is 12.2. The van der Waals surface area contributed by atoms with Crippen LogP contribution >= 0.6 is 0 Å². The lowest BCUT2D eigenvalue weighted by Crippen LogP contribution is -2.37. The highest BCUT2D eigenvalue weighted by Gasteiger charge is 2.32. The van der Waals surface area contributed by atoms with Gasteiger partial charge in [-0.1, -0.05) is 6.07 Å². The third-order valence-corrected chi connectivity index (χ3v) is 2.59. The van der Waals surface area contributed by atoms with E-state index in [0.717, 1.165) is 5.56 Å². The van der Waals surface area contributed by atoms with E-state index in [2.05, 4.69) is 4.98 Å². The minimum Gasteiger partial charge on any atom is -0.481 e. The van der Waals surface area contributed by atoms with Crippen LogP contribution in [0.1, 0.15) is 12.5 Å². The van der Waals surface area contributed by atoms with Crippen LogP contribution in [0.25, 0.3) is 0 Å². The van der Waals surface area contributed by atoms with Crippen LogP contribution in [0.15, 0.2) is 18.3 Å². The van der Waals surface area contributed by atoms with E-state index in [1.807, 2.05) is 0 Å². The lowest BCUT2D eigenvalue weighted by molar-refractivity contribution is -0.147. The van der Waals surface area contributed by atoms with E-state index < -0.39 is 11.4 Å². The van der Waals surface area contributed by atoms with Crippen molar-refractivity contribution in [1.29, 1.82) is 0 Å². The molecule has 1 rings (SSSR count). The average Bonchev–Trinajstić information content (AvgIpc) is 2.29. The molecule has 88 valence electrons. The number of hydrogen-bond donors (Lipinski definition) is 2. The van der Waals surface area contributed by atoms with Gasteiger partial charge < -0.3 is 15.6 Å². The van der Waals surface area contributed by atoms with Gasteiger partial charge in [0.15, 0.2) is 0 Å². The first-order chi connectivity index (χ1) is 7.53. The van der Waals surface area contributed by atoms with Gasteiger partial charge >= 0.3 is 5.97 Å². The van der Waals surface area contributed by atoms with Gasteiger partial charge in [0.2, 0.25) is 5.88 Å². The lowest BCUT2D eigenvalue weighted by Gasteiger charge is -2.23. The highest BCUT2D eigenvalue weighted by atomic mass is 16.5. The molecule has 0 saturated heterocycles. The molecule has 1 heterocycles. The van der Waals surface area contributed by atoms with E-state index in [1.54, 1.807) is 25.3 Å². The predicted molar refractivity (Wildman–Crippen MR) is 59.3 cm³/mol. The van der Waals surface area contributed by atoms with Crippen molar-refractivity contribution in [2.45, 2.75) is 13.3 Å². The summed E-state index contributed by atoms with van der Waals surface area (Å²) in [7, 11) is 1.51. The fourth-order valence-electron chi connectivity index (χ4n) is 1.40. The predicted octanol–water partition coefficient (Wildman–Crippen LogP) is 0.682. The van der Waals surface area contributed by atoms with Crippen LogP contribution in [0.3, 0.4) is 0 Å². The fraction of sp³-hybridized carbons (Fsp3) is 0.455. The van der Waals surface area contributed by atoms with Gasteiger partial charge in [-0.25, -0.2) is 4.98 Å². The smallest absolute Gasteiger partial charge is 0.310 e. The Hall–Kier alpha value is -1.62. The number of carbonyl (C=O) groups is 1. The molecule has 5 nitrogen and oxygen atoms in total. The Labute approximate surface area is 94.2 Å². The number of carboxylic acids is 1. The number of aromatic nitrogens is 1. The SMILES string of the molecule is COc1ncccc1CC(C)(CN)C(=O)O. The van der Waals surface area contributed by atoms with Crippen LogP contribution in [-0.2, 0) is 11.2 Å². The monoisotopic (exact) mass is 224 g/mol. The first-order valence-corrected chi connectivity index (χ1v) is 4.95. The Morgan fingerprint density at radius 1 is 1.69 bits per heavy atom. The van der Waals surface area contributed by atoms with Gasteiger partial charge in [0.05, 0.1) is 12.5 Å². The Balaban J connectivity index is 2.98. The zero-order valence-corrected chi connectivity index (χ0v) is 9.43. The van der Waals surface area contributed by atoms with Gasteiger partial charge in [-0.05, 0) is 19.4 Å². The molecule has 1 aromatic heterocycles. The molecule has 0 amide bonds. The molecule has 1 atom stereocenters. The zero-order valence-electron chi connectivity index (χ0n) is 9.43. The molecule has 0 aliphatic rings. The summed E-state index contributed by atoms with van der Waals surface area (Å²) in [5, 5.41) is 9.12. The van der Waals surface area contributed by atoms with Gasteiger partial charge in [0, 0.05) is 18.3 Å². The van der Waals surface area contributed by atoms with E-state index >= 15 is 0 Å². The van der Waals surface area contributed by atoms with Gasteiger partial charge in [-0.2, -0.15) is 0 Å². The summed E-state index contributed by atoms with van der Waals surface area (Å²) >= 11 is 0. The second-order valence-electron chi connectivity index (χ2n) is 3.92. The summed E-state index contributed by atoms with van der Waals surface area (Å²) in [5.41, 5.74) is 5.27. The third-order valence-electron chi connectivity index (χ3n) is 2.59. The Morgan fingerprint density at radius 2 is 2.38 bits per heavy atom. The van der Waals surface area contributed by atoms with Gasteiger partial charge in [-0.15, -0.1) is 0 Å². The molecule has 0 bridgehead atoms. The first kappa shape index (κ1) is 12.4. The summed E-state index contributed by atoms with van der Waals surface area (Å²) in [4.78, 5) is 15.1. The van der Waals surface area contributed by atoms with E-state index in [9.17, 15) is 4.79 Å². The minimum atomic E-state index is -0.990. The number of methoxy groups -OCH3 is 1. The maximum absolute atomic E-state index is 11.1. The van der Waals surface area contributed by atoms with Crippen LogP contribution < -0.4 is 10.5 Å². The van der Waals surface area contributed by atoms with Crippen molar-refractivity contribution in [3.8, 4) is 5.88 Å². The molecule has 0 aliphatic heterocycles. The second kappa shape index (κ2) is 4.94. The lowest BCUT2D eigenvalue weighted by atomic mass is 9.84. The molecule has 0 saturated carbocycles. The second-order valence-corrected chi connectivity index (χ2v) is 3.92. The largest absolute Gasteiger partial charge is 0.481 e. The number of nitrogens with two attached hydrogens (primary N) is 1. The Bertz CT molecular complexity index is 381. The quantitative estimate of drug-likeness (QED) is 0.768. The number of nitrogens with zero attached hydrogens (tertiary/aromatic N) is 1. The van der Waals surface area contributed by atoms with Crippen LogP contribution in [-0.4, -0.2) is 29.7 Å². The average molecular weight is 224 g/mol. The number of carboxylic acid groups (broad SMARTS) is 1. The van der Waals surface area contributed by atoms with Crippen LogP contribution in [0.5, 0.6) is 5.88 Å². The maximum atomic E-state index is 11.1. The molecule has 3 N–H and O–H groups in total. The summed E-state index contributed by atoms with van der Waals surface area (Å²) in [5.74, 6) is -0.468. The summed E-state index contributed by atoms with van der Waals surface area (Å²) in [6, 6.07) is 3.54. The molecular weight excluding hydrogens is 208 g/mol. The van der Waals surface area contributed by atoms with Gasteiger partial charge in [0.1, 0.15) is 0 Å². The molecule has 1 unspecified atom stereocenters. The molecule has 0 radical (unpaired) electrons. The van der Waals surface area contributed by atoms with Crippen molar-refractivity contribution < 1.29 is 14.6 Å². The number of pyridine rings is 1. The number of aliphatic carboxylic acids is 1. The highest BCUT2D eigenvalue weighted by molar-refractivity contribution is 5.75. The molecule has 16 heavy (non-hydrogen) atoms. The van der Waals surface area contributed by atoms with E-state index in [0.29, 0.717) is 12.3 Å². The van der Waals surface area contributed by atoms with Crippen molar-refractivity contribution in [2.24, 2.45) is 11.1 Å². The Morgan fingerprint density at radius 3 is 2.88 bits per heavy atom. The molecule has 5 heteroatoms. The number of hydrogen-bond acceptors (Lipinski definition) is 4. The normalized spacial score (nSPS) is 14.2. The van der Waals surface area contributed by atoms with Crippen molar-refractivity contribution in [3.63, 3.8) is 0 Å². The standard InChI is InChI=1S/C11H16N2O3/c1-11(7-12,10(14)15)6-8-4-3-5-13-9(8)16-2/h3-5H,6-7,12H2,1-2H3,(H,14,15).